The van der Waals surface area contributed by atoms with Crippen LogP contribution in [0.5, 0.6) is 0 Å². The lowest BCUT2D eigenvalue weighted by Crippen LogP contribution is -2.36. The van der Waals surface area contributed by atoms with E-state index in [-0.39, 0.29) is 15.7 Å². The number of amides is 1. The monoisotopic (exact) mass is 465 g/mol. The number of carbonyl (C=O) groups is 1. The lowest BCUT2D eigenvalue weighted by atomic mass is 9.88. The summed E-state index contributed by atoms with van der Waals surface area (Å²) in [5.41, 5.74) is 2.78. The Morgan fingerprint density at radius 1 is 0.939 bits per heavy atom. The fourth-order valence-corrected chi connectivity index (χ4v) is 6.26. The van der Waals surface area contributed by atoms with Crippen LogP contribution >= 0.6 is 0 Å². The minimum absolute atomic E-state index is 0.186. The zero-order valence-electron chi connectivity index (χ0n) is 18.4. The fourth-order valence-electron chi connectivity index (χ4n) is 4.98. The molecule has 1 N–H and O–H groups in total. The van der Waals surface area contributed by atoms with E-state index in [1.807, 2.05) is 24.3 Å². The van der Waals surface area contributed by atoms with Crippen molar-refractivity contribution >= 4 is 32.5 Å². The van der Waals surface area contributed by atoms with Crippen LogP contribution in [0.25, 0.3) is 10.9 Å². The molecule has 3 heterocycles. The number of likely N-dealkylation sites (tertiary alicyclic amines) is 1. The van der Waals surface area contributed by atoms with E-state index < -0.39 is 15.9 Å². The number of hydrogen-bond acceptors (Lipinski definition) is 5. The van der Waals surface area contributed by atoms with Crippen molar-refractivity contribution in [1.29, 1.82) is 0 Å². The molecule has 7 nitrogen and oxygen atoms in total. The average molecular weight is 466 g/mol. The van der Waals surface area contributed by atoms with Gasteiger partial charge in [0.1, 0.15) is 0 Å². The van der Waals surface area contributed by atoms with E-state index in [2.05, 4.69) is 9.88 Å². The second-order valence-corrected chi connectivity index (χ2v) is 10.8. The zero-order valence-corrected chi connectivity index (χ0v) is 19.2. The molecule has 2 saturated heterocycles. The van der Waals surface area contributed by atoms with Crippen molar-refractivity contribution in [2.45, 2.75) is 41.4 Å². The first kappa shape index (κ1) is 21.7. The predicted molar refractivity (Wildman–Crippen MR) is 127 cm³/mol. The first-order valence-corrected chi connectivity index (χ1v) is 12.9. The van der Waals surface area contributed by atoms with Crippen molar-refractivity contribution in [3.8, 4) is 0 Å². The number of pyridine rings is 1. The van der Waals surface area contributed by atoms with Crippen LogP contribution in [0.1, 0.15) is 37.2 Å². The van der Waals surface area contributed by atoms with E-state index in [0.717, 1.165) is 60.9 Å². The minimum Gasteiger partial charge on any atom is -0.465 e. The van der Waals surface area contributed by atoms with Gasteiger partial charge in [-0.05, 0) is 61.4 Å². The SMILES string of the molecule is O=C(O)N1CCC(c2cccc3cc(S(=O)(=O)c4cccc(N5CCCC5)c4)cnc23)CC1. The molecular weight excluding hydrogens is 438 g/mol. The highest BCUT2D eigenvalue weighted by molar-refractivity contribution is 7.91. The molecular formula is C25H27N3O4S. The van der Waals surface area contributed by atoms with Gasteiger partial charge in [-0.3, -0.25) is 4.98 Å². The maximum atomic E-state index is 13.4. The summed E-state index contributed by atoms with van der Waals surface area (Å²) in [6.45, 7) is 2.90. The minimum atomic E-state index is -3.70. The highest BCUT2D eigenvalue weighted by atomic mass is 32.2. The van der Waals surface area contributed by atoms with E-state index in [9.17, 15) is 18.3 Å². The third kappa shape index (κ3) is 4.15. The summed E-state index contributed by atoms with van der Waals surface area (Å²) < 4.78 is 26.8. The van der Waals surface area contributed by atoms with E-state index in [4.69, 9.17) is 0 Å². The summed E-state index contributed by atoms with van der Waals surface area (Å²) in [6, 6.07) is 14.7. The molecule has 2 fully saturated rings. The molecule has 0 atom stereocenters. The smallest absolute Gasteiger partial charge is 0.407 e. The number of piperidine rings is 1. The van der Waals surface area contributed by atoms with Crippen LogP contribution in [0, 0.1) is 0 Å². The quantitative estimate of drug-likeness (QED) is 0.609. The molecule has 0 saturated carbocycles. The molecule has 0 bridgehead atoms. The Kier molecular flexibility index (Phi) is 5.70. The van der Waals surface area contributed by atoms with E-state index in [0.29, 0.717) is 13.1 Å². The second kappa shape index (κ2) is 8.67. The second-order valence-electron chi connectivity index (χ2n) is 8.83. The van der Waals surface area contributed by atoms with Gasteiger partial charge in [0.05, 0.1) is 15.3 Å². The van der Waals surface area contributed by atoms with Crippen LogP contribution in [0.2, 0.25) is 0 Å². The Balaban J connectivity index is 1.45. The molecule has 33 heavy (non-hydrogen) atoms. The summed E-state index contributed by atoms with van der Waals surface area (Å²) in [4.78, 5) is 19.9. The van der Waals surface area contributed by atoms with Crippen molar-refractivity contribution in [1.82, 2.24) is 9.88 Å². The van der Waals surface area contributed by atoms with Gasteiger partial charge in [-0.2, -0.15) is 0 Å². The first-order chi connectivity index (χ1) is 15.9. The van der Waals surface area contributed by atoms with Crippen molar-refractivity contribution in [2.75, 3.05) is 31.1 Å². The maximum absolute atomic E-state index is 13.4. The number of carboxylic acid groups (broad SMARTS) is 1. The summed E-state index contributed by atoms with van der Waals surface area (Å²) in [6.07, 6.45) is 4.29. The molecule has 3 aromatic rings. The summed E-state index contributed by atoms with van der Waals surface area (Å²) in [7, 11) is -3.70. The topological polar surface area (TPSA) is 90.8 Å². The number of para-hydroxylation sites is 1. The predicted octanol–water partition coefficient (Wildman–Crippen LogP) is 4.53. The van der Waals surface area contributed by atoms with E-state index in [1.165, 1.54) is 11.1 Å². The van der Waals surface area contributed by atoms with Crippen LogP contribution < -0.4 is 4.90 Å². The van der Waals surface area contributed by atoms with Crippen LogP contribution in [-0.2, 0) is 9.84 Å². The van der Waals surface area contributed by atoms with Gasteiger partial charge >= 0.3 is 6.09 Å². The van der Waals surface area contributed by atoms with E-state index in [1.54, 1.807) is 24.3 Å². The van der Waals surface area contributed by atoms with Crippen molar-refractivity contribution < 1.29 is 18.3 Å². The largest absolute Gasteiger partial charge is 0.465 e. The highest BCUT2D eigenvalue weighted by Crippen LogP contribution is 2.34. The molecule has 8 heteroatoms. The van der Waals surface area contributed by atoms with Gasteiger partial charge in [-0.25, -0.2) is 13.2 Å². The van der Waals surface area contributed by atoms with Gasteiger partial charge in [0.15, 0.2) is 0 Å². The molecule has 1 aromatic heterocycles. The maximum Gasteiger partial charge on any atom is 0.407 e. The normalized spacial score (nSPS) is 17.6. The van der Waals surface area contributed by atoms with Crippen molar-refractivity contribution in [3.05, 3.63) is 60.3 Å². The van der Waals surface area contributed by atoms with E-state index >= 15 is 0 Å². The molecule has 0 aliphatic carbocycles. The molecule has 172 valence electrons. The zero-order chi connectivity index (χ0) is 23.0. The Morgan fingerprint density at radius 2 is 1.67 bits per heavy atom. The number of hydrogen-bond donors (Lipinski definition) is 1. The lowest BCUT2D eigenvalue weighted by Gasteiger charge is -2.30. The molecule has 5 rings (SSSR count). The Hall–Kier alpha value is -3.13. The van der Waals surface area contributed by atoms with Crippen LogP contribution in [-0.4, -0.2) is 55.7 Å². The third-order valence-electron chi connectivity index (χ3n) is 6.83. The number of anilines is 1. The van der Waals surface area contributed by atoms with Gasteiger partial charge in [0, 0.05) is 43.4 Å². The summed E-state index contributed by atoms with van der Waals surface area (Å²) >= 11 is 0. The number of benzene rings is 2. The van der Waals surface area contributed by atoms with Crippen LogP contribution in [0.4, 0.5) is 10.5 Å². The highest BCUT2D eigenvalue weighted by Gasteiger charge is 2.26. The number of rotatable bonds is 4. The standard InChI is InChI=1S/C25H27N3O4S/c29-25(30)28-13-9-18(10-14-28)23-8-3-5-19-15-22(17-26-24(19)23)33(31,32)21-7-4-6-20(16-21)27-11-1-2-12-27/h3-8,15-18H,1-2,9-14H2,(H,29,30). The number of sulfone groups is 1. The molecule has 0 unspecified atom stereocenters. The first-order valence-electron chi connectivity index (χ1n) is 11.4. The molecule has 0 radical (unpaired) electrons. The Morgan fingerprint density at radius 3 is 2.39 bits per heavy atom. The molecule has 2 aliphatic heterocycles. The number of aromatic nitrogens is 1. The summed E-state index contributed by atoms with van der Waals surface area (Å²) in [5.74, 6) is 0.205. The Labute approximate surface area is 193 Å². The molecule has 0 spiro atoms. The van der Waals surface area contributed by atoms with Gasteiger partial charge in [0.25, 0.3) is 0 Å². The van der Waals surface area contributed by atoms with Gasteiger partial charge in [0.2, 0.25) is 9.84 Å². The van der Waals surface area contributed by atoms with Gasteiger partial charge in [-0.15, -0.1) is 0 Å². The third-order valence-corrected chi connectivity index (χ3v) is 8.55. The molecule has 2 aromatic carbocycles. The van der Waals surface area contributed by atoms with Crippen LogP contribution in [0.15, 0.2) is 64.5 Å². The average Bonchev–Trinajstić information content (AvgIpc) is 3.39. The number of nitrogens with zero attached hydrogens (tertiary/aromatic N) is 3. The number of fused-ring (bicyclic) bond motifs is 1. The van der Waals surface area contributed by atoms with Crippen molar-refractivity contribution in [2.24, 2.45) is 0 Å². The summed E-state index contributed by atoms with van der Waals surface area (Å²) in [5, 5.41) is 9.98. The van der Waals surface area contributed by atoms with Gasteiger partial charge < -0.3 is 14.9 Å². The molecule has 1 amide bonds. The van der Waals surface area contributed by atoms with Gasteiger partial charge in [-0.1, -0.05) is 24.3 Å². The Bertz CT molecular complexity index is 1290. The van der Waals surface area contributed by atoms with Crippen LogP contribution in [0.3, 0.4) is 0 Å². The lowest BCUT2D eigenvalue weighted by molar-refractivity contribution is 0.132. The molecule has 2 aliphatic rings. The fraction of sp³-hybridized carbons (Fsp3) is 0.360. The van der Waals surface area contributed by atoms with Crippen molar-refractivity contribution in [3.63, 3.8) is 0 Å².